The van der Waals surface area contributed by atoms with Crippen LogP contribution < -0.4 is 0 Å². The van der Waals surface area contributed by atoms with Crippen LogP contribution in [0.4, 0.5) is 0 Å². The molecule has 2 aliphatic rings. The molecule has 1 atom stereocenters. The number of nitrogens with zero attached hydrogens (tertiary/aromatic N) is 4. The van der Waals surface area contributed by atoms with Crippen molar-refractivity contribution in [1.29, 1.82) is 0 Å². The topological polar surface area (TPSA) is 49.3 Å². The highest BCUT2D eigenvalue weighted by atomic mass is 32.2. The Morgan fingerprint density at radius 1 is 1.12 bits per heavy atom. The third kappa shape index (κ3) is 3.85. The first-order chi connectivity index (χ1) is 12.3. The molecule has 1 aromatic heterocycles. The Kier molecular flexibility index (Phi) is 4.99. The molecule has 3 heterocycles. The van der Waals surface area contributed by atoms with Crippen LogP contribution in [0, 0.1) is 0 Å². The summed E-state index contributed by atoms with van der Waals surface area (Å²) in [5.41, 5.74) is 2.92. The predicted molar refractivity (Wildman–Crippen MR) is 98.3 cm³/mol. The molecule has 6 heteroatoms. The van der Waals surface area contributed by atoms with Gasteiger partial charge in [-0.15, -0.1) is 0 Å². The van der Waals surface area contributed by atoms with Crippen LogP contribution in [0.2, 0.25) is 0 Å². The molecule has 1 fully saturated rings. The molecular formula is C19H22N4OS. The highest BCUT2D eigenvalue weighted by Crippen LogP contribution is 2.25. The second-order valence-corrected chi connectivity index (χ2v) is 7.53. The van der Waals surface area contributed by atoms with E-state index >= 15 is 0 Å². The van der Waals surface area contributed by atoms with E-state index in [4.69, 9.17) is 0 Å². The van der Waals surface area contributed by atoms with Crippen molar-refractivity contribution in [1.82, 2.24) is 19.8 Å². The zero-order valence-electron chi connectivity index (χ0n) is 14.2. The lowest BCUT2D eigenvalue weighted by Gasteiger charge is -2.33. The van der Waals surface area contributed by atoms with Crippen molar-refractivity contribution in [2.24, 2.45) is 0 Å². The summed E-state index contributed by atoms with van der Waals surface area (Å²) in [6, 6.07) is 11.0. The van der Waals surface area contributed by atoms with Crippen molar-refractivity contribution in [3.05, 3.63) is 53.9 Å². The molecule has 5 nitrogen and oxygen atoms in total. The summed E-state index contributed by atoms with van der Waals surface area (Å²) in [4.78, 5) is 25.3. The van der Waals surface area contributed by atoms with E-state index in [1.54, 1.807) is 18.5 Å². The predicted octanol–water partition coefficient (Wildman–Crippen LogP) is 2.23. The molecule has 130 valence electrons. The number of thioether (sulfide) groups is 1. The summed E-state index contributed by atoms with van der Waals surface area (Å²) in [5, 5.41) is 0.666. The van der Waals surface area contributed by atoms with Crippen molar-refractivity contribution < 1.29 is 4.79 Å². The molecule has 0 aliphatic carbocycles. The number of aromatic nitrogens is 2. The fourth-order valence-corrected chi connectivity index (χ4v) is 4.38. The van der Waals surface area contributed by atoms with Gasteiger partial charge in [-0.3, -0.25) is 9.69 Å². The van der Waals surface area contributed by atoms with Crippen LogP contribution in [-0.4, -0.2) is 57.1 Å². The van der Waals surface area contributed by atoms with Crippen molar-refractivity contribution in [3.8, 4) is 0 Å². The number of amides is 1. The average molecular weight is 354 g/mol. The first kappa shape index (κ1) is 16.5. The van der Waals surface area contributed by atoms with Crippen LogP contribution in [0.3, 0.4) is 0 Å². The smallest absolute Gasteiger partial charge is 0.233 e. The minimum absolute atomic E-state index is 0.192. The molecule has 1 amide bonds. The van der Waals surface area contributed by atoms with E-state index < -0.39 is 0 Å². The third-order valence-electron chi connectivity index (χ3n) is 5.06. The lowest BCUT2D eigenvalue weighted by Crippen LogP contribution is -2.41. The lowest BCUT2D eigenvalue weighted by molar-refractivity contribution is -0.127. The second kappa shape index (κ2) is 7.54. The van der Waals surface area contributed by atoms with Crippen molar-refractivity contribution in [2.45, 2.75) is 30.6 Å². The second-order valence-electron chi connectivity index (χ2n) is 6.59. The van der Waals surface area contributed by atoms with Gasteiger partial charge in [0, 0.05) is 44.6 Å². The Morgan fingerprint density at radius 2 is 1.92 bits per heavy atom. The number of benzene rings is 1. The molecule has 4 rings (SSSR count). The maximum atomic E-state index is 12.5. The summed E-state index contributed by atoms with van der Waals surface area (Å²) in [7, 11) is 0. The van der Waals surface area contributed by atoms with E-state index in [9.17, 15) is 4.79 Å². The van der Waals surface area contributed by atoms with E-state index in [1.165, 1.54) is 22.9 Å². The quantitative estimate of drug-likeness (QED) is 0.622. The molecule has 25 heavy (non-hydrogen) atoms. The minimum atomic E-state index is 0.192. The highest BCUT2D eigenvalue weighted by molar-refractivity contribution is 7.99. The number of likely N-dealkylation sites (tertiary alicyclic amines) is 1. The van der Waals surface area contributed by atoms with Gasteiger partial charge in [-0.1, -0.05) is 36.0 Å². The van der Waals surface area contributed by atoms with Crippen LogP contribution in [0.5, 0.6) is 0 Å². The Hall–Kier alpha value is -1.92. The van der Waals surface area contributed by atoms with E-state index in [-0.39, 0.29) is 5.91 Å². The van der Waals surface area contributed by atoms with Crippen LogP contribution >= 0.6 is 11.8 Å². The molecule has 1 aromatic carbocycles. The maximum Gasteiger partial charge on any atom is 0.233 e. The first-order valence-corrected chi connectivity index (χ1v) is 9.76. The first-order valence-electron chi connectivity index (χ1n) is 8.78. The van der Waals surface area contributed by atoms with Crippen molar-refractivity contribution in [3.63, 3.8) is 0 Å². The molecule has 2 aliphatic heterocycles. The number of rotatable bonds is 4. The normalized spacial score (nSPS) is 20.5. The van der Waals surface area contributed by atoms with Gasteiger partial charge in [-0.05, 0) is 30.0 Å². The molecule has 0 spiro atoms. The molecular weight excluding hydrogens is 332 g/mol. The number of carbonyl (C=O) groups excluding carboxylic acids is 1. The standard InChI is InChI=1S/C19H22N4OS/c24-18(14-25-19-20-8-3-9-21-19)23-11-7-17(13-23)22-10-6-15-4-1-2-5-16(15)12-22/h1-5,8-9,17H,6-7,10-14H2. The summed E-state index contributed by atoms with van der Waals surface area (Å²) in [6.45, 7) is 3.81. The fraction of sp³-hybridized carbons (Fsp3) is 0.421. The van der Waals surface area contributed by atoms with E-state index in [0.717, 1.165) is 39.0 Å². The van der Waals surface area contributed by atoms with Crippen molar-refractivity contribution in [2.75, 3.05) is 25.4 Å². The Morgan fingerprint density at radius 3 is 2.76 bits per heavy atom. The van der Waals surface area contributed by atoms with Gasteiger partial charge >= 0.3 is 0 Å². The average Bonchev–Trinajstić information content (AvgIpc) is 3.17. The molecule has 0 saturated carbocycles. The van der Waals surface area contributed by atoms with Gasteiger partial charge in [0.1, 0.15) is 0 Å². The number of carbonyl (C=O) groups is 1. The van der Waals surface area contributed by atoms with Crippen LogP contribution in [-0.2, 0) is 17.8 Å². The number of hydrogen-bond acceptors (Lipinski definition) is 5. The van der Waals surface area contributed by atoms with E-state index in [2.05, 4.69) is 39.1 Å². The fourth-order valence-electron chi connectivity index (χ4n) is 3.67. The third-order valence-corrected chi connectivity index (χ3v) is 5.92. The van der Waals surface area contributed by atoms with Gasteiger partial charge < -0.3 is 4.90 Å². The van der Waals surface area contributed by atoms with Gasteiger partial charge in [-0.2, -0.15) is 0 Å². The van der Waals surface area contributed by atoms with Gasteiger partial charge in [0.15, 0.2) is 5.16 Å². The van der Waals surface area contributed by atoms with Crippen molar-refractivity contribution >= 4 is 17.7 Å². The molecule has 0 bridgehead atoms. The summed E-state index contributed by atoms with van der Waals surface area (Å²) in [5.74, 6) is 0.608. The molecule has 1 saturated heterocycles. The Labute approximate surface area is 152 Å². The Balaban J connectivity index is 1.30. The zero-order chi connectivity index (χ0) is 17.1. The zero-order valence-corrected chi connectivity index (χ0v) is 15.0. The number of hydrogen-bond donors (Lipinski definition) is 0. The van der Waals surface area contributed by atoms with Gasteiger partial charge in [0.05, 0.1) is 5.75 Å². The summed E-state index contributed by atoms with van der Waals surface area (Å²) < 4.78 is 0. The molecule has 0 radical (unpaired) electrons. The SMILES string of the molecule is O=C(CSc1ncccn1)N1CCC(N2CCc3ccccc3C2)C1. The van der Waals surface area contributed by atoms with Gasteiger partial charge in [-0.25, -0.2) is 9.97 Å². The largest absolute Gasteiger partial charge is 0.340 e. The Bertz CT molecular complexity index is 739. The van der Waals surface area contributed by atoms with Gasteiger partial charge in [0.25, 0.3) is 0 Å². The maximum absolute atomic E-state index is 12.5. The number of fused-ring (bicyclic) bond motifs is 1. The molecule has 2 aromatic rings. The summed E-state index contributed by atoms with van der Waals surface area (Å²) in [6.07, 6.45) is 5.60. The van der Waals surface area contributed by atoms with Crippen LogP contribution in [0.15, 0.2) is 47.9 Å². The van der Waals surface area contributed by atoms with E-state index in [0.29, 0.717) is 17.0 Å². The lowest BCUT2D eigenvalue weighted by atomic mass is 9.98. The van der Waals surface area contributed by atoms with Crippen LogP contribution in [0.1, 0.15) is 17.5 Å². The summed E-state index contributed by atoms with van der Waals surface area (Å²) >= 11 is 1.42. The highest BCUT2D eigenvalue weighted by Gasteiger charge is 2.31. The molecule has 1 unspecified atom stereocenters. The van der Waals surface area contributed by atoms with Gasteiger partial charge in [0.2, 0.25) is 5.91 Å². The van der Waals surface area contributed by atoms with Crippen LogP contribution in [0.25, 0.3) is 0 Å². The minimum Gasteiger partial charge on any atom is -0.340 e. The molecule has 0 N–H and O–H groups in total. The van der Waals surface area contributed by atoms with E-state index in [1.807, 2.05) is 4.90 Å². The monoisotopic (exact) mass is 354 g/mol.